The molecule has 5 atom stereocenters. The molecule has 3 rings (SSSR count). The second-order valence-electron chi connectivity index (χ2n) is 4.99. The fourth-order valence-corrected chi connectivity index (χ4v) is 3.16. The van der Waals surface area contributed by atoms with Crippen molar-refractivity contribution in [1.82, 2.24) is 5.32 Å². The van der Waals surface area contributed by atoms with Crippen LogP contribution in [0.15, 0.2) is 0 Å². The molecule has 4 heteroatoms. The summed E-state index contributed by atoms with van der Waals surface area (Å²) in [5, 5.41) is 12.5. The van der Waals surface area contributed by atoms with Gasteiger partial charge in [-0.25, -0.2) is 0 Å². The van der Waals surface area contributed by atoms with Gasteiger partial charge in [-0.15, -0.1) is 0 Å². The summed E-state index contributed by atoms with van der Waals surface area (Å²) in [6.45, 7) is 4.38. The van der Waals surface area contributed by atoms with Crippen molar-refractivity contribution in [3.63, 3.8) is 0 Å². The SMILES string of the molecule is CC(=O)O[C@@H](C)[C@H]1C[C@H]2CN[C@H]1[C@@H](C#N)C2. The zero-order valence-electron chi connectivity index (χ0n) is 9.77. The third-order valence-corrected chi connectivity index (χ3v) is 3.85. The van der Waals surface area contributed by atoms with Gasteiger partial charge >= 0.3 is 5.97 Å². The molecule has 3 aliphatic rings. The minimum absolute atomic E-state index is 0.0792. The second-order valence-corrected chi connectivity index (χ2v) is 4.99. The maximum atomic E-state index is 10.9. The molecule has 2 bridgehead atoms. The lowest BCUT2D eigenvalue weighted by atomic mass is 9.67. The van der Waals surface area contributed by atoms with Gasteiger partial charge in [0.1, 0.15) is 6.10 Å². The van der Waals surface area contributed by atoms with E-state index in [0.717, 1.165) is 19.4 Å². The van der Waals surface area contributed by atoms with E-state index in [1.54, 1.807) is 0 Å². The third kappa shape index (κ3) is 2.05. The number of hydrogen-bond acceptors (Lipinski definition) is 4. The van der Waals surface area contributed by atoms with E-state index in [2.05, 4.69) is 11.4 Å². The molecule has 4 nitrogen and oxygen atoms in total. The van der Waals surface area contributed by atoms with Crippen molar-refractivity contribution in [3.8, 4) is 6.07 Å². The van der Waals surface area contributed by atoms with Crippen LogP contribution in [0.2, 0.25) is 0 Å². The molecule has 2 saturated heterocycles. The van der Waals surface area contributed by atoms with Crippen molar-refractivity contribution in [2.24, 2.45) is 17.8 Å². The average Bonchev–Trinajstić information content (AvgIpc) is 2.28. The smallest absolute Gasteiger partial charge is 0.302 e. The molecule has 0 spiro atoms. The van der Waals surface area contributed by atoms with Crippen molar-refractivity contribution in [2.45, 2.75) is 38.8 Å². The molecule has 2 heterocycles. The summed E-state index contributed by atoms with van der Waals surface area (Å²) >= 11 is 0. The van der Waals surface area contributed by atoms with E-state index in [9.17, 15) is 4.79 Å². The van der Waals surface area contributed by atoms with Gasteiger partial charge in [-0.1, -0.05) is 0 Å². The minimum atomic E-state index is -0.234. The molecule has 0 aromatic heterocycles. The summed E-state index contributed by atoms with van der Waals surface area (Å²) in [6, 6.07) is 2.57. The van der Waals surface area contributed by atoms with Gasteiger partial charge in [-0.05, 0) is 32.2 Å². The van der Waals surface area contributed by atoms with Crippen molar-refractivity contribution >= 4 is 5.97 Å². The van der Waals surface area contributed by atoms with Crippen molar-refractivity contribution in [2.75, 3.05) is 6.54 Å². The molecule has 88 valence electrons. The van der Waals surface area contributed by atoms with Gasteiger partial charge in [0.2, 0.25) is 0 Å². The van der Waals surface area contributed by atoms with E-state index in [1.807, 2.05) is 6.92 Å². The largest absolute Gasteiger partial charge is 0.463 e. The first-order valence-corrected chi connectivity index (χ1v) is 5.92. The number of ether oxygens (including phenoxy) is 1. The zero-order chi connectivity index (χ0) is 11.7. The van der Waals surface area contributed by atoms with E-state index in [4.69, 9.17) is 10.00 Å². The minimum Gasteiger partial charge on any atom is -0.463 e. The summed E-state index contributed by atoms with van der Waals surface area (Å²) in [5.74, 6) is 0.705. The molecule has 16 heavy (non-hydrogen) atoms. The average molecular weight is 222 g/mol. The Kier molecular flexibility index (Phi) is 3.15. The number of nitrogens with one attached hydrogen (secondary N) is 1. The van der Waals surface area contributed by atoms with Crippen molar-refractivity contribution in [1.29, 1.82) is 5.26 Å². The summed E-state index contributed by atoms with van der Waals surface area (Å²) in [6.07, 6.45) is 1.98. The Bertz CT molecular complexity index is 323. The maximum absolute atomic E-state index is 10.9. The highest BCUT2D eigenvalue weighted by Gasteiger charge is 2.45. The Morgan fingerprint density at radius 3 is 2.88 bits per heavy atom. The molecule has 0 amide bonds. The number of nitriles is 1. The molecule has 1 aliphatic carbocycles. The van der Waals surface area contributed by atoms with Gasteiger partial charge in [0.25, 0.3) is 0 Å². The first kappa shape index (κ1) is 11.4. The highest BCUT2D eigenvalue weighted by Crippen LogP contribution is 2.39. The number of carbonyl (C=O) groups is 1. The van der Waals surface area contributed by atoms with Crippen LogP contribution in [-0.4, -0.2) is 24.7 Å². The second kappa shape index (κ2) is 4.42. The number of nitrogens with zero attached hydrogens (tertiary/aromatic N) is 1. The van der Waals surface area contributed by atoms with Gasteiger partial charge in [-0.2, -0.15) is 5.26 Å². The maximum Gasteiger partial charge on any atom is 0.302 e. The van der Waals surface area contributed by atoms with Crippen LogP contribution in [0.3, 0.4) is 0 Å². The number of fused-ring (bicyclic) bond motifs is 3. The van der Waals surface area contributed by atoms with Crippen LogP contribution >= 0.6 is 0 Å². The van der Waals surface area contributed by atoms with Crippen LogP contribution in [0.4, 0.5) is 0 Å². The van der Waals surface area contributed by atoms with Crippen molar-refractivity contribution in [3.05, 3.63) is 0 Å². The monoisotopic (exact) mass is 222 g/mol. The molecule has 1 saturated carbocycles. The lowest BCUT2D eigenvalue weighted by Crippen LogP contribution is -2.58. The Labute approximate surface area is 96.0 Å². The number of esters is 1. The molecule has 1 N–H and O–H groups in total. The third-order valence-electron chi connectivity index (χ3n) is 3.85. The molecule has 0 aromatic carbocycles. The van der Waals surface area contributed by atoms with E-state index < -0.39 is 0 Å². The van der Waals surface area contributed by atoms with Crippen LogP contribution in [0.5, 0.6) is 0 Å². The van der Waals surface area contributed by atoms with Crippen LogP contribution in [-0.2, 0) is 9.53 Å². The Morgan fingerprint density at radius 2 is 2.31 bits per heavy atom. The van der Waals surface area contributed by atoms with Gasteiger partial charge in [0.15, 0.2) is 0 Å². The predicted octanol–water partition coefficient (Wildman–Crippen LogP) is 1.08. The Hall–Kier alpha value is -1.08. The summed E-state index contributed by atoms with van der Waals surface area (Å²) in [4.78, 5) is 10.9. The molecular formula is C12H18N2O2. The number of rotatable bonds is 2. The molecular weight excluding hydrogens is 204 g/mol. The van der Waals surface area contributed by atoms with E-state index >= 15 is 0 Å². The van der Waals surface area contributed by atoms with E-state index in [1.165, 1.54) is 6.92 Å². The van der Waals surface area contributed by atoms with Crippen LogP contribution in [0.25, 0.3) is 0 Å². The van der Waals surface area contributed by atoms with Gasteiger partial charge in [-0.3, -0.25) is 4.79 Å². The first-order chi connectivity index (χ1) is 7.61. The fourth-order valence-electron chi connectivity index (χ4n) is 3.16. The molecule has 3 fully saturated rings. The summed E-state index contributed by atoms with van der Waals surface area (Å²) in [5.41, 5.74) is 0. The van der Waals surface area contributed by atoms with Crippen molar-refractivity contribution < 1.29 is 9.53 Å². The fraction of sp³-hybridized carbons (Fsp3) is 0.833. The van der Waals surface area contributed by atoms with E-state index in [0.29, 0.717) is 11.8 Å². The summed E-state index contributed by atoms with van der Waals surface area (Å²) < 4.78 is 5.25. The number of hydrogen-bond donors (Lipinski definition) is 1. The molecule has 0 aromatic rings. The molecule has 2 aliphatic heterocycles. The standard InChI is InChI=1S/C12H18N2O2/c1-7(16-8(2)15)11-4-9-3-10(5-13)12(11)14-6-9/h7,9-12,14H,3-4,6H2,1-2H3/t7-,9-,10+,11+,12-/m0/s1. The van der Waals surface area contributed by atoms with Crippen LogP contribution in [0, 0.1) is 29.1 Å². The lowest BCUT2D eigenvalue weighted by Gasteiger charge is -2.47. The normalized spacial score (nSPS) is 38.8. The lowest BCUT2D eigenvalue weighted by molar-refractivity contribution is -0.150. The Balaban J connectivity index is 2.05. The van der Waals surface area contributed by atoms with Crippen LogP contribution in [0.1, 0.15) is 26.7 Å². The van der Waals surface area contributed by atoms with Gasteiger partial charge in [0, 0.05) is 18.9 Å². The first-order valence-electron chi connectivity index (χ1n) is 5.92. The number of piperidine rings is 2. The highest BCUT2D eigenvalue weighted by atomic mass is 16.5. The van der Waals surface area contributed by atoms with E-state index in [-0.39, 0.29) is 24.0 Å². The van der Waals surface area contributed by atoms with Gasteiger partial charge < -0.3 is 10.1 Å². The number of carbonyl (C=O) groups excluding carboxylic acids is 1. The predicted molar refractivity (Wildman–Crippen MR) is 58.3 cm³/mol. The summed E-state index contributed by atoms with van der Waals surface area (Å²) in [7, 11) is 0. The quantitative estimate of drug-likeness (QED) is 0.710. The molecule has 0 radical (unpaired) electrons. The molecule has 0 unspecified atom stereocenters. The highest BCUT2D eigenvalue weighted by molar-refractivity contribution is 5.66. The Morgan fingerprint density at radius 1 is 1.56 bits per heavy atom. The zero-order valence-corrected chi connectivity index (χ0v) is 9.77. The topological polar surface area (TPSA) is 62.1 Å². The van der Waals surface area contributed by atoms with Crippen LogP contribution < -0.4 is 5.32 Å². The van der Waals surface area contributed by atoms with Gasteiger partial charge in [0.05, 0.1) is 12.0 Å².